The fourth-order valence-corrected chi connectivity index (χ4v) is 0. The van der Waals surface area contributed by atoms with Crippen molar-refractivity contribution in [1.29, 1.82) is 0 Å². The van der Waals surface area contributed by atoms with E-state index in [9.17, 15) is 4.79 Å². The van der Waals surface area contributed by atoms with Crippen LogP contribution in [0, 0.1) is 0 Å². The summed E-state index contributed by atoms with van der Waals surface area (Å²) in [6.45, 7) is 1.42. The van der Waals surface area contributed by atoms with E-state index >= 15 is 0 Å². The van der Waals surface area contributed by atoms with Crippen LogP contribution in [0.15, 0.2) is 0 Å². The van der Waals surface area contributed by atoms with Gasteiger partial charge >= 0.3 is 43.7 Å². The average molecular weight is 148 g/mol. The molecular formula is C3H12CaN2O2. The summed E-state index contributed by atoms with van der Waals surface area (Å²) in [7, 11) is 0. The Morgan fingerprint density at radius 3 is 1.88 bits per heavy atom. The summed E-state index contributed by atoms with van der Waals surface area (Å²) in [4.78, 5) is 9.57. The van der Waals surface area contributed by atoms with Crippen molar-refractivity contribution in [1.82, 2.24) is 6.15 Å². The third kappa shape index (κ3) is 9.82. The molecule has 0 unspecified atom stereocenters. The van der Waals surface area contributed by atoms with E-state index in [1.165, 1.54) is 6.92 Å². The number of aliphatic carboxylic acids is 1. The molecule has 0 radical (unpaired) electrons. The van der Waals surface area contributed by atoms with E-state index in [0.717, 1.165) is 0 Å². The maximum absolute atomic E-state index is 9.57. The molecule has 0 aromatic carbocycles. The van der Waals surface area contributed by atoms with E-state index in [1.807, 2.05) is 0 Å². The SMILES string of the molecule is C[C@H](N)C(=O)O.N.[CaH2]. The average Bonchev–Trinajstić information content (AvgIpc) is 1.36. The number of rotatable bonds is 1. The van der Waals surface area contributed by atoms with Crippen molar-refractivity contribution in [2.75, 3.05) is 0 Å². The molecule has 6 N–H and O–H groups in total. The van der Waals surface area contributed by atoms with Crippen LogP contribution in [-0.2, 0) is 4.79 Å². The number of hydrogen-bond acceptors (Lipinski definition) is 3. The molecule has 5 heteroatoms. The first-order valence-corrected chi connectivity index (χ1v) is 1.63. The zero-order chi connectivity index (χ0) is 5.15. The van der Waals surface area contributed by atoms with Gasteiger partial charge in [-0.2, -0.15) is 0 Å². The Kier molecular flexibility index (Phi) is 15.2. The summed E-state index contributed by atoms with van der Waals surface area (Å²) in [5, 5.41) is 7.87. The molecule has 0 fully saturated rings. The second-order valence-electron chi connectivity index (χ2n) is 1.13. The van der Waals surface area contributed by atoms with Gasteiger partial charge in [-0.25, -0.2) is 0 Å². The quantitative estimate of drug-likeness (QED) is 0.401. The van der Waals surface area contributed by atoms with Crippen LogP contribution in [0.1, 0.15) is 6.92 Å². The Hall–Kier alpha value is 0.650. The van der Waals surface area contributed by atoms with Crippen molar-refractivity contribution in [2.45, 2.75) is 13.0 Å². The maximum atomic E-state index is 9.57. The van der Waals surface area contributed by atoms with E-state index in [1.54, 1.807) is 0 Å². The summed E-state index contributed by atoms with van der Waals surface area (Å²) in [6, 6.07) is -0.731. The molecule has 0 heterocycles. The topological polar surface area (TPSA) is 98.3 Å². The van der Waals surface area contributed by atoms with Crippen molar-refractivity contribution in [2.24, 2.45) is 5.73 Å². The zero-order valence-corrected chi connectivity index (χ0v) is 4.22. The Labute approximate surface area is 78.0 Å². The standard InChI is InChI=1S/C3H7NO2.Ca.H3N.2H/c1-2(4)3(5)6;;;;/h2H,4H2,1H3,(H,5,6);;1H3;;/t2-;;;;/m0..../s1. The summed E-state index contributed by atoms with van der Waals surface area (Å²) < 4.78 is 0. The summed E-state index contributed by atoms with van der Waals surface area (Å²) >= 11 is 0. The van der Waals surface area contributed by atoms with Crippen LogP contribution in [0.4, 0.5) is 0 Å². The Bertz CT molecular complexity index is 66.3. The molecule has 0 saturated carbocycles. The molecule has 0 aliphatic heterocycles. The van der Waals surface area contributed by atoms with Gasteiger partial charge in [-0.05, 0) is 6.92 Å². The summed E-state index contributed by atoms with van der Waals surface area (Å²) in [5.74, 6) is -0.963. The van der Waals surface area contributed by atoms with Crippen molar-refractivity contribution < 1.29 is 9.90 Å². The van der Waals surface area contributed by atoms with Gasteiger partial charge in [0.15, 0.2) is 0 Å². The zero-order valence-electron chi connectivity index (χ0n) is 4.22. The predicted octanol–water partition coefficient (Wildman–Crippen LogP) is -1.34. The van der Waals surface area contributed by atoms with Gasteiger partial charge in [-0.15, -0.1) is 0 Å². The van der Waals surface area contributed by atoms with Gasteiger partial charge in [0.05, 0.1) is 0 Å². The number of carboxylic acid groups (broad SMARTS) is 1. The molecule has 4 nitrogen and oxygen atoms in total. The van der Waals surface area contributed by atoms with E-state index in [4.69, 9.17) is 10.8 Å². The summed E-state index contributed by atoms with van der Waals surface area (Å²) in [5.41, 5.74) is 4.84. The number of carbonyl (C=O) groups is 1. The van der Waals surface area contributed by atoms with Crippen LogP contribution in [-0.4, -0.2) is 54.9 Å². The third-order valence-corrected chi connectivity index (χ3v) is 0.390. The van der Waals surface area contributed by atoms with Gasteiger partial charge in [0.1, 0.15) is 6.04 Å². The minimum absolute atomic E-state index is 0. The minimum atomic E-state index is -0.963. The van der Waals surface area contributed by atoms with Gasteiger partial charge in [-0.1, -0.05) is 0 Å². The van der Waals surface area contributed by atoms with Gasteiger partial charge in [-0.3, -0.25) is 4.79 Å². The van der Waals surface area contributed by atoms with Crippen LogP contribution >= 0.6 is 0 Å². The fourth-order valence-electron chi connectivity index (χ4n) is 0. The van der Waals surface area contributed by atoms with Gasteiger partial charge in [0.25, 0.3) is 0 Å². The fraction of sp³-hybridized carbons (Fsp3) is 0.667. The van der Waals surface area contributed by atoms with E-state index in [0.29, 0.717) is 0 Å². The van der Waals surface area contributed by atoms with Crippen LogP contribution in [0.25, 0.3) is 0 Å². The molecule has 0 spiro atoms. The molecule has 0 aromatic rings. The molecule has 48 valence electrons. The first-order valence-electron chi connectivity index (χ1n) is 1.63. The van der Waals surface area contributed by atoms with Crippen molar-refractivity contribution >= 4 is 43.7 Å². The molecule has 0 rings (SSSR count). The Morgan fingerprint density at radius 2 is 1.88 bits per heavy atom. The van der Waals surface area contributed by atoms with E-state index in [2.05, 4.69) is 0 Å². The van der Waals surface area contributed by atoms with Crippen molar-refractivity contribution in [3.8, 4) is 0 Å². The van der Waals surface area contributed by atoms with Crippen molar-refractivity contribution in [3.63, 3.8) is 0 Å². The monoisotopic (exact) mass is 148 g/mol. The summed E-state index contributed by atoms with van der Waals surface area (Å²) in [6.07, 6.45) is 0. The number of hydrogen-bond donors (Lipinski definition) is 3. The molecular weight excluding hydrogens is 136 g/mol. The molecule has 0 aromatic heterocycles. The third-order valence-electron chi connectivity index (χ3n) is 0.390. The molecule has 0 amide bonds. The van der Waals surface area contributed by atoms with E-state index < -0.39 is 12.0 Å². The van der Waals surface area contributed by atoms with E-state index in [-0.39, 0.29) is 43.9 Å². The molecule has 0 saturated heterocycles. The van der Waals surface area contributed by atoms with Crippen LogP contribution in [0.5, 0.6) is 0 Å². The Balaban J connectivity index is -0.000000125. The van der Waals surface area contributed by atoms with Crippen LogP contribution in [0.2, 0.25) is 0 Å². The van der Waals surface area contributed by atoms with Crippen molar-refractivity contribution in [3.05, 3.63) is 0 Å². The number of carboxylic acids is 1. The Morgan fingerprint density at radius 1 is 1.75 bits per heavy atom. The van der Waals surface area contributed by atoms with Gasteiger partial charge in [0.2, 0.25) is 0 Å². The first-order chi connectivity index (χ1) is 2.64. The van der Waals surface area contributed by atoms with Crippen LogP contribution < -0.4 is 11.9 Å². The van der Waals surface area contributed by atoms with Crippen LogP contribution in [0.3, 0.4) is 0 Å². The molecule has 1 atom stereocenters. The first kappa shape index (κ1) is 15.9. The van der Waals surface area contributed by atoms with Gasteiger partial charge < -0.3 is 17.0 Å². The predicted molar refractivity (Wildman–Crippen MR) is 34.9 cm³/mol. The molecule has 0 aliphatic carbocycles. The molecule has 8 heavy (non-hydrogen) atoms. The number of nitrogens with two attached hydrogens (primary N) is 1. The second-order valence-corrected chi connectivity index (χ2v) is 1.13. The second kappa shape index (κ2) is 7.65. The normalized spacial score (nSPS) is 10.2. The molecule has 0 aliphatic rings. The van der Waals surface area contributed by atoms with Gasteiger partial charge in [0, 0.05) is 0 Å². The molecule has 0 bridgehead atoms.